The van der Waals surface area contributed by atoms with Crippen molar-refractivity contribution in [2.75, 3.05) is 41.1 Å². The zero-order valence-electron chi connectivity index (χ0n) is 16.3. The summed E-state index contributed by atoms with van der Waals surface area (Å²) in [5, 5.41) is 3.05. The van der Waals surface area contributed by atoms with Crippen LogP contribution in [0.15, 0.2) is 30.3 Å². The fourth-order valence-electron chi connectivity index (χ4n) is 3.75. The Morgan fingerprint density at radius 1 is 1.14 bits per heavy atom. The van der Waals surface area contributed by atoms with Crippen molar-refractivity contribution in [2.24, 2.45) is 0 Å². The summed E-state index contributed by atoms with van der Waals surface area (Å²) in [5.74, 6) is 2.56. The summed E-state index contributed by atoms with van der Waals surface area (Å²) in [5.41, 5.74) is 2.92. The number of hydrogen-bond donors (Lipinski definition) is 1. The molecule has 0 fully saturated rings. The highest BCUT2D eigenvalue weighted by molar-refractivity contribution is 5.95. The number of nitrogens with one attached hydrogen (secondary N) is 1. The van der Waals surface area contributed by atoms with Crippen molar-refractivity contribution < 1.29 is 23.7 Å². The summed E-state index contributed by atoms with van der Waals surface area (Å²) < 4.78 is 21.6. The van der Waals surface area contributed by atoms with E-state index in [1.165, 1.54) is 5.56 Å². The summed E-state index contributed by atoms with van der Waals surface area (Å²) in [6.07, 6.45) is 0.929. The van der Waals surface area contributed by atoms with Crippen molar-refractivity contribution in [3.8, 4) is 23.0 Å². The highest BCUT2D eigenvalue weighted by atomic mass is 16.7. The standard InChI is InChI=1S/C21H24N2O5/c1-23-7-6-13-8-18(25-2)19(26-3)10-15(13)16(23)11-22-21(24)14-4-5-17-20(9-14)28-12-27-17/h4-5,8-10,16H,6-7,11-12H2,1-3H3,(H,22,24). The van der Waals surface area contributed by atoms with E-state index in [2.05, 4.69) is 17.3 Å². The third-order valence-corrected chi connectivity index (χ3v) is 5.36. The summed E-state index contributed by atoms with van der Waals surface area (Å²) in [7, 11) is 5.34. The normalized spacial score (nSPS) is 17.8. The number of likely N-dealkylation sites (N-methyl/N-ethyl adjacent to an activating group) is 1. The molecule has 0 spiro atoms. The lowest BCUT2D eigenvalue weighted by Gasteiger charge is -2.35. The van der Waals surface area contributed by atoms with E-state index < -0.39 is 0 Å². The Bertz CT molecular complexity index is 899. The number of amides is 1. The van der Waals surface area contributed by atoms with E-state index in [0.717, 1.165) is 24.3 Å². The molecule has 0 bridgehead atoms. The van der Waals surface area contributed by atoms with Crippen LogP contribution in [0.1, 0.15) is 27.5 Å². The number of fused-ring (bicyclic) bond motifs is 2. The summed E-state index contributed by atoms with van der Waals surface area (Å²) in [4.78, 5) is 14.9. The van der Waals surface area contributed by atoms with E-state index in [1.807, 2.05) is 12.1 Å². The first-order chi connectivity index (χ1) is 13.6. The zero-order valence-corrected chi connectivity index (χ0v) is 16.3. The number of hydrogen-bond acceptors (Lipinski definition) is 6. The van der Waals surface area contributed by atoms with Gasteiger partial charge in [-0.2, -0.15) is 0 Å². The molecule has 148 valence electrons. The van der Waals surface area contributed by atoms with Crippen LogP contribution in [0.2, 0.25) is 0 Å². The Balaban J connectivity index is 1.52. The number of carbonyl (C=O) groups is 1. The van der Waals surface area contributed by atoms with Crippen LogP contribution in [-0.2, 0) is 6.42 Å². The molecule has 0 aromatic heterocycles. The number of rotatable bonds is 5. The van der Waals surface area contributed by atoms with Crippen LogP contribution in [0.5, 0.6) is 23.0 Å². The molecule has 2 aromatic carbocycles. The molecule has 1 amide bonds. The Morgan fingerprint density at radius 3 is 2.68 bits per heavy atom. The highest BCUT2D eigenvalue weighted by Gasteiger charge is 2.27. The molecule has 2 aliphatic rings. The van der Waals surface area contributed by atoms with Crippen LogP contribution in [0.25, 0.3) is 0 Å². The number of nitrogens with zero attached hydrogens (tertiary/aromatic N) is 1. The molecule has 7 nitrogen and oxygen atoms in total. The Labute approximate surface area is 164 Å². The van der Waals surface area contributed by atoms with Gasteiger partial charge in [0.15, 0.2) is 23.0 Å². The molecule has 0 saturated heterocycles. The lowest BCUT2D eigenvalue weighted by Crippen LogP contribution is -2.40. The predicted molar refractivity (Wildman–Crippen MR) is 104 cm³/mol. The van der Waals surface area contributed by atoms with Gasteiger partial charge >= 0.3 is 0 Å². The second kappa shape index (κ2) is 7.59. The van der Waals surface area contributed by atoms with Crippen LogP contribution in [-0.4, -0.2) is 52.0 Å². The molecule has 1 atom stereocenters. The molecular weight excluding hydrogens is 360 g/mol. The van der Waals surface area contributed by atoms with E-state index in [4.69, 9.17) is 18.9 Å². The maximum Gasteiger partial charge on any atom is 0.251 e. The van der Waals surface area contributed by atoms with E-state index in [-0.39, 0.29) is 18.7 Å². The van der Waals surface area contributed by atoms with E-state index >= 15 is 0 Å². The molecule has 1 N–H and O–H groups in total. The maximum absolute atomic E-state index is 12.7. The smallest absolute Gasteiger partial charge is 0.251 e. The summed E-state index contributed by atoms with van der Waals surface area (Å²) >= 11 is 0. The molecule has 28 heavy (non-hydrogen) atoms. The van der Waals surface area contributed by atoms with E-state index in [9.17, 15) is 4.79 Å². The molecule has 2 aliphatic heterocycles. The molecule has 4 rings (SSSR count). The minimum absolute atomic E-state index is 0.0570. The van der Waals surface area contributed by atoms with Crippen LogP contribution in [0, 0.1) is 0 Å². The first kappa shape index (κ1) is 18.4. The first-order valence-electron chi connectivity index (χ1n) is 9.23. The van der Waals surface area contributed by atoms with Crippen molar-refractivity contribution in [3.05, 3.63) is 47.0 Å². The zero-order chi connectivity index (χ0) is 19.7. The van der Waals surface area contributed by atoms with Crippen molar-refractivity contribution in [2.45, 2.75) is 12.5 Å². The number of carbonyl (C=O) groups excluding carboxylic acids is 1. The molecule has 7 heteroatoms. The lowest BCUT2D eigenvalue weighted by molar-refractivity contribution is 0.0936. The third kappa shape index (κ3) is 3.33. The minimum Gasteiger partial charge on any atom is -0.493 e. The van der Waals surface area contributed by atoms with Gasteiger partial charge in [-0.3, -0.25) is 9.69 Å². The molecule has 0 saturated carbocycles. The molecule has 2 aromatic rings. The second-order valence-corrected chi connectivity index (χ2v) is 6.93. The fourth-order valence-corrected chi connectivity index (χ4v) is 3.75. The highest BCUT2D eigenvalue weighted by Crippen LogP contribution is 2.37. The van der Waals surface area contributed by atoms with Gasteiger partial charge in [0.1, 0.15) is 0 Å². The van der Waals surface area contributed by atoms with Gasteiger partial charge in [-0.1, -0.05) is 0 Å². The molecule has 0 radical (unpaired) electrons. The van der Waals surface area contributed by atoms with E-state index in [0.29, 0.717) is 29.4 Å². The largest absolute Gasteiger partial charge is 0.493 e. The second-order valence-electron chi connectivity index (χ2n) is 6.93. The van der Waals surface area contributed by atoms with Crippen molar-refractivity contribution in [3.63, 3.8) is 0 Å². The van der Waals surface area contributed by atoms with Crippen LogP contribution >= 0.6 is 0 Å². The molecule has 1 unspecified atom stereocenters. The van der Waals surface area contributed by atoms with E-state index in [1.54, 1.807) is 32.4 Å². The quantitative estimate of drug-likeness (QED) is 0.854. The average Bonchev–Trinajstić information content (AvgIpc) is 3.19. The van der Waals surface area contributed by atoms with Gasteiger partial charge in [0.25, 0.3) is 5.91 Å². The molecule has 2 heterocycles. The SMILES string of the molecule is COc1cc2c(cc1OC)C(CNC(=O)c1ccc3c(c1)OCO3)N(C)CC2. The molecule has 0 aliphatic carbocycles. The van der Waals surface area contributed by atoms with Gasteiger partial charge in [-0.15, -0.1) is 0 Å². The Hall–Kier alpha value is -2.93. The summed E-state index contributed by atoms with van der Waals surface area (Å²) in [6, 6.07) is 9.33. The van der Waals surface area contributed by atoms with Crippen molar-refractivity contribution >= 4 is 5.91 Å². The number of benzene rings is 2. The fraction of sp³-hybridized carbons (Fsp3) is 0.381. The monoisotopic (exact) mass is 384 g/mol. The van der Waals surface area contributed by atoms with Crippen molar-refractivity contribution in [1.82, 2.24) is 10.2 Å². The average molecular weight is 384 g/mol. The Kier molecular flexibility index (Phi) is 5.00. The van der Waals surface area contributed by atoms with Crippen LogP contribution < -0.4 is 24.3 Å². The summed E-state index contributed by atoms with van der Waals surface area (Å²) in [6.45, 7) is 1.59. The van der Waals surface area contributed by atoms with Crippen molar-refractivity contribution in [1.29, 1.82) is 0 Å². The van der Waals surface area contributed by atoms with Gasteiger partial charge in [0, 0.05) is 18.7 Å². The van der Waals surface area contributed by atoms with Crippen LogP contribution in [0.4, 0.5) is 0 Å². The van der Waals surface area contributed by atoms with Gasteiger partial charge in [-0.25, -0.2) is 0 Å². The number of ether oxygens (including phenoxy) is 4. The number of methoxy groups -OCH3 is 2. The lowest BCUT2D eigenvalue weighted by atomic mass is 9.92. The van der Waals surface area contributed by atoms with Gasteiger partial charge in [0.05, 0.1) is 20.3 Å². The van der Waals surface area contributed by atoms with Gasteiger partial charge in [-0.05, 0) is 54.9 Å². The third-order valence-electron chi connectivity index (χ3n) is 5.36. The van der Waals surface area contributed by atoms with Gasteiger partial charge in [0.2, 0.25) is 6.79 Å². The minimum atomic E-state index is -0.140. The maximum atomic E-state index is 12.7. The topological polar surface area (TPSA) is 69.3 Å². The molecular formula is C21H24N2O5. The Morgan fingerprint density at radius 2 is 1.89 bits per heavy atom. The van der Waals surface area contributed by atoms with Gasteiger partial charge < -0.3 is 24.3 Å². The van der Waals surface area contributed by atoms with Crippen LogP contribution in [0.3, 0.4) is 0 Å². The predicted octanol–water partition coefficient (Wildman–Crippen LogP) is 2.39. The first-order valence-corrected chi connectivity index (χ1v) is 9.23.